The molecule has 5 N–H and O–H groups in total. The van der Waals surface area contributed by atoms with E-state index in [-0.39, 0.29) is 31.3 Å². The van der Waals surface area contributed by atoms with Crippen molar-refractivity contribution in [1.82, 2.24) is 0 Å². The molecule has 1 aliphatic carbocycles. The third kappa shape index (κ3) is 4.19. The molecule has 0 spiro atoms. The van der Waals surface area contributed by atoms with E-state index >= 15 is 0 Å². The Morgan fingerprint density at radius 1 is 0.967 bits per heavy atom. The number of rotatable bonds is 4. The van der Waals surface area contributed by atoms with Gasteiger partial charge in [0.1, 0.15) is 24.4 Å². The predicted molar refractivity (Wildman–Crippen MR) is 106 cm³/mol. The molecule has 0 aromatic heterocycles. The minimum absolute atomic E-state index is 0.00541. The van der Waals surface area contributed by atoms with E-state index in [1.54, 1.807) is 0 Å². The van der Waals surface area contributed by atoms with E-state index < -0.39 is 67.2 Å². The van der Waals surface area contributed by atoms with Crippen LogP contribution in [0.1, 0.15) is 35.0 Å². The van der Waals surface area contributed by atoms with Crippen molar-refractivity contribution in [3.8, 4) is 0 Å². The van der Waals surface area contributed by atoms with Gasteiger partial charge in [-0.15, -0.1) is 0 Å². The van der Waals surface area contributed by atoms with Crippen LogP contribution in [0, 0.1) is 11.8 Å². The smallest absolute Gasteiger partial charge is 0.184 e. The minimum atomic E-state index is -0.988. The molecule has 4 aliphatic rings. The molecular formula is C20H34BNO8. The molecule has 0 aromatic rings. The Balaban J connectivity index is 1.50. The second-order valence-corrected chi connectivity index (χ2v) is 9.31. The highest BCUT2D eigenvalue weighted by Gasteiger charge is 2.52. The van der Waals surface area contributed by atoms with Gasteiger partial charge in [-0.25, -0.2) is 0 Å². The van der Waals surface area contributed by atoms with Crippen LogP contribution in [-0.2, 0) is 23.7 Å². The largest absolute Gasteiger partial charge is 0.391 e. The molecule has 30 heavy (non-hydrogen) atoms. The molecule has 3 heterocycles. The van der Waals surface area contributed by atoms with Gasteiger partial charge in [0.25, 0.3) is 0 Å². The molecule has 3 aliphatic heterocycles. The van der Waals surface area contributed by atoms with Crippen molar-refractivity contribution in [2.24, 2.45) is 17.6 Å². The number of aliphatic hydroxyl groups excluding tert-OH is 3. The van der Waals surface area contributed by atoms with E-state index in [4.69, 9.17) is 38.6 Å². The van der Waals surface area contributed by atoms with Crippen LogP contribution < -0.4 is 5.73 Å². The summed E-state index contributed by atoms with van der Waals surface area (Å²) < 4.78 is 36.9. The highest BCUT2D eigenvalue weighted by Crippen LogP contribution is 2.40. The van der Waals surface area contributed by atoms with Gasteiger partial charge in [0.15, 0.2) is 12.6 Å². The fraction of sp³-hybridized carbons (Fsp3) is 1.00. The summed E-state index contributed by atoms with van der Waals surface area (Å²) in [5, 5.41) is 31.8. The van der Waals surface area contributed by atoms with Crippen LogP contribution in [0.5, 0.6) is 0 Å². The summed E-state index contributed by atoms with van der Waals surface area (Å²) in [7, 11) is 6.21. The normalized spacial score (nSPS) is 57.2. The molecule has 14 atom stereocenters. The van der Waals surface area contributed by atoms with E-state index in [2.05, 4.69) is 0 Å². The Kier molecular flexibility index (Phi) is 6.40. The van der Waals surface area contributed by atoms with E-state index in [1.165, 1.54) is 0 Å². The van der Waals surface area contributed by atoms with Gasteiger partial charge in [-0.3, -0.25) is 0 Å². The van der Waals surface area contributed by atoms with Crippen LogP contribution >= 0.6 is 0 Å². The highest BCUT2D eigenvalue weighted by molar-refractivity contribution is 6.12. The van der Waals surface area contributed by atoms with Gasteiger partial charge in [-0.1, -0.05) is 13.8 Å². The monoisotopic (exact) mass is 428 g/mol. The van der Waals surface area contributed by atoms with Crippen LogP contribution in [0.25, 0.3) is 0 Å². The molecular weight excluding hydrogens is 393 g/mol. The molecule has 170 valence electrons. The molecule has 6 unspecified atom stereocenters. The summed E-state index contributed by atoms with van der Waals surface area (Å²) in [6.45, 7) is 4.30. The third-order valence-corrected chi connectivity index (χ3v) is 6.81. The fourth-order valence-electron chi connectivity index (χ4n) is 4.98. The lowest BCUT2D eigenvalue weighted by Crippen LogP contribution is -2.62. The van der Waals surface area contributed by atoms with Crippen molar-refractivity contribution in [3.05, 3.63) is 0 Å². The number of hydrogen-bond donors (Lipinski definition) is 4. The quantitative estimate of drug-likeness (QED) is 0.419. The summed E-state index contributed by atoms with van der Waals surface area (Å²) in [5.41, 5.74) is 6.38. The summed E-state index contributed by atoms with van der Waals surface area (Å²) in [4.78, 5) is 0. The number of aliphatic hydroxyl groups is 3. The maximum atomic E-state index is 10.9. The zero-order chi connectivity index (χ0) is 22.4. The molecule has 2 radical (unpaired) electrons. The highest BCUT2D eigenvalue weighted by atomic mass is 16.7. The van der Waals surface area contributed by atoms with Gasteiger partial charge in [0, 0.05) is 25.6 Å². The van der Waals surface area contributed by atoms with Crippen molar-refractivity contribution in [1.29, 1.82) is 0 Å². The summed E-state index contributed by atoms with van der Waals surface area (Å²) in [5.74, 6) is -0.957. The van der Waals surface area contributed by atoms with Crippen molar-refractivity contribution < 1.29 is 40.4 Å². The first-order valence-corrected chi connectivity index (χ1v) is 10.8. The number of ether oxygens (including phenoxy) is 5. The fourth-order valence-corrected chi connectivity index (χ4v) is 4.98. The standard InChI is InChI=1S/C20H34BNO8/c1-7-4-10(22)16(18(13(7)24)30-19-11(23)5-9(3)27-19)29-20-12(21)14(25)17-15(28-20)8(2)6-26-17/h7-20,23-25H,4-6,22H2,1-3H3/t7-,8?,9-,10?,11?,12?,13?,14-,15?,16-,17+,18-,19+,20-/m1/s1/i3D. The van der Waals surface area contributed by atoms with E-state index in [0.717, 1.165) is 0 Å². The number of hydrogen-bond acceptors (Lipinski definition) is 9. The average Bonchev–Trinajstić information content (AvgIpc) is 3.28. The van der Waals surface area contributed by atoms with Crippen LogP contribution in [0.4, 0.5) is 0 Å². The topological polar surface area (TPSA) is 133 Å². The Hall–Kier alpha value is -0.295. The molecule has 3 saturated heterocycles. The van der Waals surface area contributed by atoms with E-state index in [9.17, 15) is 15.3 Å². The molecule has 0 aromatic carbocycles. The van der Waals surface area contributed by atoms with Gasteiger partial charge in [-0.2, -0.15) is 0 Å². The van der Waals surface area contributed by atoms with Crippen LogP contribution in [0.15, 0.2) is 0 Å². The molecule has 0 amide bonds. The molecule has 1 saturated carbocycles. The summed E-state index contributed by atoms with van der Waals surface area (Å²) in [6, 6.07) is -0.489. The lowest BCUT2D eigenvalue weighted by molar-refractivity contribution is -0.300. The maximum Gasteiger partial charge on any atom is 0.184 e. The Labute approximate surface area is 179 Å². The van der Waals surface area contributed by atoms with Crippen LogP contribution in [0.2, 0.25) is 5.82 Å². The van der Waals surface area contributed by atoms with Gasteiger partial charge in [0.2, 0.25) is 0 Å². The first-order valence-electron chi connectivity index (χ1n) is 11.5. The second-order valence-electron chi connectivity index (χ2n) is 9.31. The number of fused-ring (bicyclic) bond motifs is 1. The van der Waals surface area contributed by atoms with Crippen LogP contribution in [0.3, 0.4) is 0 Å². The average molecular weight is 428 g/mol. The predicted octanol–water partition coefficient (Wildman–Crippen LogP) is -0.942. The maximum absolute atomic E-state index is 10.9. The first kappa shape index (κ1) is 21.5. The van der Waals surface area contributed by atoms with E-state index in [1.807, 2.05) is 13.8 Å². The minimum Gasteiger partial charge on any atom is -0.391 e. The van der Waals surface area contributed by atoms with Gasteiger partial charge in [-0.05, 0) is 19.2 Å². The molecule has 0 bridgehead atoms. The second kappa shape index (κ2) is 8.92. The molecule has 10 heteroatoms. The zero-order valence-corrected chi connectivity index (χ0v) is 17.4. The first-order chi connectivity index (χ1) is 14.7. The lowest BCUT2D eigenvalue weighted by atomic mass is 9.75. The molecule has 9 nitrogen and oxygen atoms in total. The summed E-state index contributed by atoms with van der Waals surface area (Å²) >= 11 is 0. The molecule has 4 rings (SSSR count). The van der Waals surface area contributed by atoms with Crippen LogP contribution in [-0.4, -0.2) is 97.2 Å². The Bertz CT molecular complexity index is 622. The third-order valence-electron chi connectivity index (χ3n) is 6.81. The van der Waals surface area contributed by atoms with Gasteiger partial charge in [0.05, 0.1) is 38.9 Å². The van der Waals surface area contributed by atoms with Crippen molar-refractivity contribution in [2.45, 2.75) is 107 Å². The van der Waals surface area contributed by atoms with E-state index in [0.29, 0.717) is 13.0 Å². The number of nitrogens with two attached hydrogens (primary N) is 1. The Morgan fingerprint density at radius 3 is 2.40 bits per heavy atom. The van der Waals surface area contributed by atoms with Gasteiger partial charge < -0.3 is 44.7 Å². The SMILES string of the molecule is [2H]C[C@@H]1CC(O)[C@H](O[C@@H]2C(O)[C@H](C)CC(N)[C@H]2O[C@H]2OC3C(C)CO[C@H]3[C@H](O)C2[B])O1. The van der Waals surface area contributed by atoms with Crippen molar-refractivity contribution >= 4 is 7.85 Å². The van der Waals surface area contributed by atoms with Crippen molar-refractivity contribution in [2.75, 3.05) is 6.61 Å². The molecule has 4 fully saturated rings. The van der Waals surface area contributed by atoms with Gasteiger partial charge >= 0.3 is 0 Å². The lowest BCUT2D eigenvalue weighted by Gasteiger charge is -2.47. The van der Waals surface area contributed by atoms with Crippen molar-refractivity contribution in [3.63, 3.8) is 0 Å². The Morgan fingerprint density at radius 2 is 1.70 bits per heavy atom. The summed E-state index contributed by atoms with van der Waals surface area (Å²) in [6.07, 6.45) is -6.96. The zero-order valence-electron chi connectivity index (χ0n) is 18.4.